The van der Waals surface area contributed by atoms with E-state index in [1.807, 2.05) is 0 Å². The fraction of sp³-hybridized carbons (Fsp3) is 0.875. The Morgan fingerprint density at radius 3 is 2.64 bits per heavy atom. The van der Waals surface area contributed by atoms with Gasteiger partial charge in [-0.2, -0.15) is 22.3 Å². The molecule has 14 heavy (non-hydrogen) atoms. The molecule has 1 fully saturated rings. The molecule has 0 aliphatic carbocycles. The molecule has 0 bridgehead atoms. The van der Waals surface area contributed by atoms with Gasteiger partial charge in [0.15, 0.2) is 0 Å². The number of rotatable bonds is 2. The minimum absolute atomic E-state index is 0.154. The molecule has 0 spiro atoms. The van der Waals surface area contributed by atoms with Gasteiger partial charge in [0, 0.05) is 27.2 Å². The summed E-state index contributed by atoms with van der Waals surface area (Å²) in [4.78, 5) is 0. The minimum atomic E-state index is -3.33. The average Bonchev–Trinajstić information content (AvgIpc) is 2.17. The normalized spacial score (nSPS) is 24.9. The molecule has 1 aliphatic rings. The molecule has 1 aliphatic heterocycles. The number of nitrogens with zero attached hydrogens (tertiary/aromatic N) is 3. The lowest BCUT2D eigenvalue weighted by Gasteiger charge is -2.30. The maximum absolute atomic E-state index is 11.7. The van der Waals surface area contributed by atoms with Crippen LogP contribution in [-0.2, 0) is 10.2 Å². The summed E-state index contributed by atoms with van der Waals surface area (Å²) in [6.45, 7) is 0.857. The van der Waals surface area contributed by atoms with Crippen molar-refractivity contribution in [2.24, 2.45) is 5.92 Å². The Balaban J connectivity index is 2.75. The van der Waals surface area contributed by atoms with Crippen molar-refractivity contribution in [3.05, 3.63) is 0 Å². The third kappa shape index (κ3) is 2.23. The van der Waals surface area contributed by atoms with Gasteiger partial charge in [-0.25, -0.2) is 0 Å². The molecule has 80 valence electrons. The summed E-state index contributed by atoms with van der Waals surface area (Å²) >= 11 is 0. The smallest absolute Gasteiger partial charge is 0.198 e. The molecule has 0 aromatic carbocycles. The van der Waals surface area contributed by atoms with Crippen LogP contribution in [0.4, 0.5) is 0 Å². The Morgan fingerprint density at radius 1 is 1.50 bits per heavy atom. The Hall–Kier alpha value is -0.640. The van der Waals surface area contributed by atoms with Gasteiger partial charge in [0.1, 0.15) is 0 Å². The molecule has 0 saturated carbocycles. The van der Waals surface area contributed by atoms with Crippen LogP contribution in [0.15, 0.2) is 0 Å². The highest BCUT2D eigenvalue weighted by molar-refractivity contribution is 7.86. The molecular weight excluding hydrogens is 202 g/mol. The first-order chi connectivity index (χ1) is 6.48. The molecule has 0 aromatic rings. The minimum Gasteiger partial charge on any atom is -0.198 e. The zero-order valence-corrected chi connectivity index (χ0v) is 9.29. The highest BCUT2D eigenvalue weighted by Crippen LogP contribution is 2.19. The van der Waals surface area contributed by atoms with E-state index < -0.39 is 10.2 Å². The van der Waals surface area contributed by atoms with E-state index in [1.165, 1.54) is 22.7 Å². The third-order valence-corrected chi connectivity index (χ3v) is 4.26. The van der Waals surface area contributed by atoms with Crippen LogP contribution in [-0.4, -0.2) is 44.2 Å². The zero-order chi connectivity index (χ0) is 10.8. The molecule has 1 unspecified atom stereocenters. The standard InChI is InChI=1S/C8H15N3O2S/c1-10(2)14(12,13)11-5-3-4-8(6-9)7-11/h8H,3-5,7H2,1-2H3. The summed E-state index contributed by atoms with van der Waals surface area (Å²) in [5.41, 5.74) is 0. The van der Waals surface area contributed by atoms with Crippen molar-refractivity contribution in [2.45, 2.75) is 12.8 Å². The van der Waals surface area contributed by atoms with Gasteiger partial charge in [0.2, 0.25) is 0 Å². The second-order valence-electron chi connectivity index (χ2n) is 3.62. The fourth-order valence-corrected chi connectivity index (χ4v) is 2.68. The molecule has 6 heteroatoms. The Kier molecular flexibility index (Phi) is 3.48. The van der Waals surface area contributed by atoms with Crippen LogP contribution >= 0.6 is 0 Å². The fourth-order valence-electron chi connectivity index (χ4n) is 1.49. The topological polar surface area (TPSA) is 64.4 Å². The van der Waals surface area contributed by atoms with Crippen LogP contribution in [0.1, 0.15) is 12.8 Å². The second-order valence-corrected chi connectivity index (χ2v) is 5.76. The molecule has 1 heterocycles. The molecule has 0 N–H and O–H groups in total. The Morgan fingerprint density at radius 2 is 2.14 bits per heavy atom. The van der Waals surface area contributed by atoms with E-state index in [1.54, 1.807) is 0 Å². The molecule has 0 aromatic heterocycles. The van der Waals surface area contributed by atoms with Crippen molar-refractivity contribution in [1.29, 1.82) is 5.26 Å². The summed E-state index contributed by atoms with van der Waals surface area (Å²) in [6.07, 6.45) is 1.57. The van der Waals surface area contributed by atoms with Crippen molar-refractivity contribution in [3.8, 4) is 6.07 Å². The van der Waals surface area contributed by atoms with Gasteiger partial charge < -0.3 is 0 Å². The van der Waals surface area contributed by atoms with Crippen molar-refractivity contribution < 1.29 is 8.42 Å². The van der Waals surface area contributed by atoms with E-state index >= 15 is 0 Å². The predicted molar refractivity (Wildman–Crippen MR) is 52.5 cm³/mol. The monoisotopic (exact) mass is 217 g/mol. The Labute approximate surface area is 85.1 Å². The number of nitriles is 1. The third-order valence-electron chi connectivity index (χ3n) is 2.35. The van der Waals surface area contributed by atoms with Crippen LogP contribution in [0.5, 0.6) is 0 Å². The lowest BCUT2D eigenvalue weighted by Crippen LogP contribution is -2.45. The number of hydrogen-bond acceptors (Lipinski definition) is 3. The highest BCUT2D eigenvalue weighted by atomic mass is 32.2. The molecule has 5 nitrogen and oxygen atoms in total. The van der Waals surface area contributed by atoms with Crippen molar-refractivity contribution >= 4 is 10.2 Å². The largest absolute Gasteiger partial charge is 0.281 e. The first-order valence-corrected chi connectivity index (χ1v) is 5.95. The molecule has 1 rings (SSSR count). The van der Waals surface area contributed by atoms with E-state index in [9.17, 15) is 8.42 Å². The molecule has 0 radical (unpaired) electrons. The lowest BCUT2D eigenvalue weighted by atomic mass is 10.0. The summed E-state index contributed by atoms with van der Waals surface area (Å²) < 4.78 is 25.9. The SMILES string of the molecule is CN(C)S(=O)(=O)N1CCCC(C#N)C1. The van der Waals surface area contributed by atoms with Gasteiger partial charge in [0.05, 0.1) is 12.0 Å². The lowest BCUT2D eigenvalue weighted by molar-refractivity contribution is 0.289. The van der Waals surface area contributed by atoms with E-state index in [-0.39, 0.29) is 5.92 Å². The van der Waals surface area contributed by atoms with E-state index in [0.717, 1.165) is 12.8 Å². The number of hydrogen-bond donors (Lipinski definition) is 0. The first kappa shape index (κ1) is 11.4. The van der Waals surface area contributed by atoms with E-state index in [4.69, 9.17) is 5.26 Å². The number of piperidine rings is 1. The maximum atomic E-state index is 11.7. The predicted octanol–water partition coefficient (Wildman–Crippen LogP) is 0.0284. The van der Waals surface area contributed by atoms with Gasteiger partial charge in [-0.15, -0.1) is 0 Å². The van der Waals surface area contributed by atoms with Crippen LogP contribution in [0, 0.1) is 17.2 Å². The van der Waals surface area contributed by atoms with Crippen molar-refractivity contribution in [3.63, 3.8) is 0 Å². The first-order valence-electron chi connectivity index (χ1n) is 4.55. The molecule has 1 atom stereocenters. The van der Waals surface area contributed by atoms with Crippen molar-refractivity contribution in [2.75, 3.05) is 27.2 Å². The maximum Gasteiger partial charge on any atom is 0.281 e. The highest BCUT2D eigenvalue weighted by Gasteiger charge is 2.30. The van der Waals surface area contributed by atoms with Crippen LogP contribution in [0.3, 0.4) is 0 Å². The summed E-state index contributed by atoms with van der Waals surface area (Å²) in [5.74, 6) is -0.154. The quantitative estimate of drug-likeness (QED) is 0.655. The van der Waals surface area contributed by atoms with E-state index in [2.05, 4.69) is 6.07 Å². The molecule has 0 amide bonds. The molecule has 1 saturated heterocycles. The van der Waals surface area contributed by atoms with Crippen LogP contribution in [0.2, 0.25) is 0 Å². The second kappa shape index (κ2) is 4.26. The summed E-state index contributed by atoms with van der Waals surface area (Å²) in [7, 11) is -0.317. The Bertz CT molecular complexity index is 331. The van der Waals surface area contributed by atoms with Crippen molar-refractivity contribution in [1.82, 2.24) is 8.61 Å². The molecular formula is C8H15N3O2S. The summed E-state index contributed by atoms with van der Waals surface area (Å²) in [5, 5.41) is 8.73. The van der Waals surface area contributed by atoms with Gasteiger partial charge in [0.25, 0.3) is 10.2 Å². The summed E-state index contributed by atoms with van der Waals surface area (Å²) in [6, 6.07) is 2.12. The average molecular weight is 217 g/mol. The van der Waals surface area contributed by atoms with E-state index in [0.29, 0.717) is 13.1 Å². The van der Waals surface area contributed by atoms with Crippen LogP contribution in [0.25, 0.3) is 0 Å². The van der Waals surface area contributed by atoms with Gasteiger partial charge >= 0.3 is 0 Å². The van der Waals surface area contributed by atoms with Gasteiger partial charge in [-0.05, 0) is 12.8 Å². The van der Waals surface area contributed by atoms with Gasteiger partial charge in [-0.1, -0.05) is 0 Å². The van der Waals surface area contributed by atoms with Gasteiger partial charge in [-0.3, -0.25) is 0 Å². The van der Waals surface area contributed by atoms with Crippen LogP contribution < -0.4 is 0 Å². The zero-order valence-electron chi connectivity index (χ0n) is 8.47.